The van der Waals surface area contributed by atoms with Crippen LogP contribution in [0.25, 0.3) is 0 Å². The van der Waals surface area contributed by atoms with E-state index >= 15 is 0 Å². The first-order valence-corrected chi connectivity index (χ1v) is 9.42. The van der Waals surface area contributed by atoms with Crippen LogP contribution in [0.5, 0.6) is 0 Å². The third-order valence-electron chi connectivity index (χ3n) is 4.33. The van der Waals surface area contributed by atoms with E-state index in [1.54, 1.807) is 36.1 Å². The molecule has 0 aromatic heterocycles. The summed E-state index contributed by atoms with van der Waals surface area (Å²) in [5, 5.41) is 5.07. The van der Waals surface area contributed by atoms with Crippen molar-refractivity contribution in [3.63, 3.8) is 0 Å². The minimum atomic E-state index is -0.321. The molecule has 1 aliphatic heterocycles. The second-order valence-corrected chi connectivity index (χ2v) is 7.17. The molecule has 0 N–H and O–H groups in total. The second-order valence-electron chi connectivity index (χ2n) is 6.36. The van der Waals surface area contributed by atoms with Crippen molar-refractivity contribution >= 4 is 34.8 Å². The molecule has 1 unspecified atom stereocenters. The van der Waals surface area contributed by atoms with Crippen molar-refractivity contribution in [2.45, 2.75) is 32.4 Å². The second kappa shape index (κ2) is 8.72. The summed E-state index contributed by atoms with van der Waals surface area (Å²) in [5.41, 5.74) is 2.33. The van der Waals surface area contributed by atoms with Crippen LogP contribution in [0.3, 0.4) is 0 Å². The largest absolute Gasteiger partial charge is 0.390 e. The van der Waals surface area contributed by atoms with Gasteiger partial charge in [0.15, 0.2) is 6.10 Å². The van der Waals surface area contributed by atoms with E-state index < -0.39 is 0 Å². The predicted octanol–water partition coefficient (Wildman–Crippen LogP) is 5.06. The van der Waals surface area contributed by atoms with E-state index in [9.17, 15) is 9.18 Å². The van der Waals surface area contributed by atoms with Gasteiger partial charge in [0.1, 0.15) is 5.82 Å². The lowest BCUT2D eigenvalue weighted by atomic mass is 10.0. The van der Waals surface area contributed by atoms with Gasteiger partial charge in [-0.15, -0.1) is 0 Å². The van der Waals surface area contributed by atoms with Gasteiger partial charge in [0.2, 0.25) is 5.91 Å². The fourth-order valence-electron chi connectivity index (χ4n) is 2.95. The molecule has 4 nitrogen and oxygen atoms in total. The van der Waals surface area contributed by atoms with Crippen LogP contribution in [-0.2, 0) is 16.2 Å². The number of benzene rings is 2. The molecule has 3 rings (SSSR count). The number of carbonyl (C=O) groups is 1. The SMILES string of the molecule is CCC(=O)N(Cc1cccc(F)c1)CC1CC(c2ccc(Cl)c(Cl)c2)=NO1. The normalized spacial score (nSPS) is 16.0. The van der Waals surface area contributed by atoms with Gasteiger partial charge in [-0.2, -0.15) is 0 Å². The molecule has 1 aliphatic rings. The maximum atomic E-state index is 13.4. The number of halogens is 3. The average Bonchev–Trinajstić information content (AvgIpc) is 3.11. The Morgan fingerprint density at radius 2 is 2.07 bits per heavy atom. The number of nitrogens with zero attached hydrogens (tertiary/aromatic N) is 2. The van der Waals surface area contributed by atoms with Gasteiger partial charge in [-0.1, -0.05) is 53.5 Å². The molecule has 0 fully saturated rings. The smallest absolute Gasteiger partial charge is 0.222 e. The Hall–Kier alpha value is -2.11. The van der Waals surface area contributed by atoms with Crippen molar-refractivity contribution < 1.29 is 14.0 Å². The maximum Gasteiger partial charge on any atom is 0.222 e. The Morgan fingerprint density at radius 3 is 2.78 bits per heavy atom. The lowest BCUT2D eigenvalue weighted by Gasteiger charge is -2.24. The third-order valence-corrected chi connectivity index (χ3v) is 5.07. The molecule has 1 heterocycles. The fourth-order valence-corrected chi connectivity index (χ4v) is 3.25. The number of hydrogen-bond acceptors (Lipinski definition) is 3. The van der Waals surface area contributed by atoms with E-state index in [2.05, 4.69) is 5.16 Å². The monoisotopic (exact) mass is 408 g/mol. The van der Waals surface area contributed by atoms with Gasteiger partial charge in [-0.3, -0.25) is 4.79 Å². The molecule has 0 spiro atoms. The number of amides is 1. The first-order valence-electron chi connectivity index (χ1n) is 8.66. The molecule has 1 atom stereocenters. The summed E-state index contributed by atoms with van der Waals surface area (Å²) in [6.07, 6.45) is 0.649. The summed E-state index contributed by atoms with van der Waals surface area (Å²) in [7, 11) is 0. The number of carbonyl (C=O) groups excluding carboxylic acids is 1. The van der Waals surface area contributed by atoms with Crippen molar-refractivity contribution in [2.24, 2.45) is 5.16 Å². The lowest BCUT2D eigenvalue weighted by Crippen LogP contribution is -2.36. The van der Waals surface area contributed by atoms with E-state index in [4.69, 9.17) is 28.0 Å². The topological polar surface area (TPSA) is 41.9 Å². The van der Waals surface area contributed by atoms with Crippen LogP contribution in [0.2, 0.25) is 10.0 Å². The quantitative estimate of drug-likeness (QED) is 0.669. The lowest BCUT2D eigenvalue weighted by molar-refractivity contribution is -0.133. The van der Waals surface area contributed by atoms with E-state index in [-0.39, 0.29) is 17.8 Å². The Morgan fingerprint density at radius 1 is 1.26 bits per heavy atom. The number of hydrogen-bond donors (Lipinski definition) is 0. The highest BCUT2D eigenvalue weighted by atomic mass is 35.5. The molecular formula is C20H19Cl2FN2O2. The molecule has 0 saturated heterocycles. The first kappa shape index (κ1) is 19.6. The number of rotatable bonds is 6. The summed E-state index contributed by atoms with van der Waals surface area (Å²) >= 11 is 12.0. The molecule has 0 aliphatic carbocycles. The Kier molecular flexibility index (Phi) is 6.34. The Balaban J connectivity index is 1.66. The highest BCUT2D eigenvalue weighted by Crippen LogP contribution is 2.26. The zero-order valence-corrected chi connectivity index (χ0v) is 16.3. The zero-order chi connectivity index (χ0) is 19.4. The first-order chi connectivity index (χ1) is 13.0. The summed E-state index contributed by atoms with van der Waals surface area (Å²) in [4.78, 5) is 19.5. The van der Waals surface area contributed by atoms with E-state index in [0.717, 1.165) is 16.8 Å². The van der Waals surface area contributed by atoms with Gasteiger partial charge in [-0.05, 0) is 29.8 Å². The highest BCUT2D eigenvalue weighted by Gasteiger charge is 2.26. The standard InChI is InChI=1S/C20H19Cl2FN2O2/c1-2-20(26)25(11-13-4-3-5-15(23)8-13)12-16-10-19(24-27-16)14-6-7-17(21)18(22)9-14/h3-9,16H,2,10-12H2,1H3. The maximum absolute atomic E-state index is 13.4. The molecule has 142 valence electrons. The van der Waals surface area contributed by atoms with Crippen LogP contribution < -0.4 is 0 Å². The van der Waals surface area contributed by atoms with Gasteiger partial charge in [-0.25, -0.2) is 4.39 Å². The van der Waals surface area contributed by atoms with Crippen LogP contribution in [0, 0.1) is 5.82 Å². The summed E-state index contributed by atoms with van der Waals surface area (Å²) < 4.78 is 13.4. The van der Waals surface area contributed by atoms with Gasteiger partial charge < -0.3 is 9.74 Å². The molecule has 2 aromatic carbocycles. The van der Waals surface area contributed by atoms with E-state index in [1.165, 1.54) is 12.1 Å². The summed E-state index contributed by atoms with van der Waals surface area (Å²) in [5.74, 6) is -0.343. The molecule has 2 aromatic rings. The van der Waals surface area contributed by atoms with Gasteiger partial charge in [0.05, 0.1) is 22.3 Å². The van der Waals surface area contributed by atoms with Crippen molar-refractivity contribution in [1.29, 1.82) is 0 Å². The van der Waals surface area contributed by atoms with Crippen LogP contribution >= 0.6 is 23.2 Å². The summed E-state index contributed by atoms with van der Waals surface area (Å²) in [6, 6.07) is 11.5. The van der Waals surface area contributed by atoms with Crippen molar-refractivity contribution in [3.8, 4) is 0 Å². The molecule has 0 saturated carbocycles. The molecule has 0 bridgehead atoms. The third kappa shape index (κ3) is 4.99. The highest BCUT2D eigenvalue weighted by molar-refractivity contribution is 6.42. The van der Waals surface area contributed by atoms with Crippen molar-refractivity contribution in [1.82, 2.24) is 4.90 Å². The molecular weight excluding hydrogens is 390 g/mol. The fraction of sp³-hybridized carbons (Fsp3) is 0.300. The minimum Gasteiger partial charge on any atom is -0.390 e. The van der Waals surface area contributed by atoms with Gasteiger partial charge in [0.25, 0.3) is 0 Å². The molecule has 7 heteroatoms. The Labute approximate surface area is 167 Å². The van der Waals surface area contributed by atoms with E-state index in [1.807, 2.05) is 6.07 Å². The Bertz CT molecular complexity index is 873. The zero-order valence-electron chi connectivity index (χ0n) is 14.8. The van der Waals surface area contributed by atoms with Gasteiger partial charge >= 0.3 is 0 Å². The molecule has 0 radical (unpaired) electrons. The number of oxime groups is 1. The van der Waals surface area contributed by atoms with Crippen molar-refractivity contribution in [3.05, 3.63) is 69.5 Å². The van der Waals surface area contributed by atoms with Crippen molar-refractivity contribution in [2.75, 3.05) is 6.54 Å². The van der Waals surface area contributed by atoms with Crippen LogP contribution in [0.4, 0.5) is 4.39 Å². The predicted molar refractivity (Wildman–Crippen MR) is 105 cm³/mol. The minimum absolute atomic E-state index is 0.0224. The summed E-state index contributed by atoms with van der Waals surface area (Å²) in [6.45, 7) is 2.50. The average molecular weight is 409 g/mol. The molecule has 27 heavy (non-hydrogen) atoms. The van der Waals surface area contributed by atoms with Crippen LogP contribution in [0.1, 0.15) is 30.9 Å². The van der Waals surface area contributed by atoms with Crippen LogP contribution in [0.15, 0.2) is 47.6 Å². The van der Waals surface area contributed by atoms with E-state index in [0.29, 0.717) is 36.0 Å². The molecule has 1 amide bonds. The van der Waals surface area contributed by atoms with Crippen LogP contribution in [-0.4, -0.2) is 29.2 Å². The van der Waals surface area contributed by atoms with Gasteiger partial charge in [0, 0.05) is 24.9 Å².